The van der Waals surface area contributed by atoms with Gasteiger partial charge in [0.1, 0.15) is 11.6 Å². The number of amides is 1. The maximum absolute atomic E-state index is 13.4. The van der Waals surface area contributed by atoms with Gasteiger partial charge in [-0.05, 0) is 84.4 Å². The van der Waals surface area contributed by atoms with E-state index in [1.54, 1.807) is 41.0 Å². The van der Waals surface area contributed by atoms with Crippen LogP contribution in [0.15, 0.2) is 65.9 Å². The zero-order valence-electron chi connectivity index (χ0n) is 21.7. The number of thiophene rings is 1. The number of rotatable bonds is 9. The average molecular weight is 530 g/mol. The van der Waals surface area contributed by atoms with Crippen LogP contribution >= 0.6 is 11.3 Å². The van der Waals surface area contributed by atoms with Crippen molar-refractivity contribution in [2.45, 2.75) is 45.4 Å². The topological polar surface area (TPSA) is 84.2 Å². The van der Waals surface area contributed by atoms with Crippen molar-refractivity contribution in [3.8, 4) is 0 Å². The first kappa shape index (κ1) is 25.0. The molecule has 2 aliphatic heterocycles. The third kappa shape index (κ3) is 5.90. The largest absolute Gasteiger partial charge is 0.347 e. The summed E-state index contributed by atoms with van der Waals surface area (Å²) in [6, 6.07) is 10.4. The fraction of sp³-hybridized carbons (Fsp3) is 0.414. The average Bonchev–Trinajstić information content (AvgIpc) is 3.76. The number of aromatic amines is 2. The Kier molecular flexibility index (Phi) is 7.40. The number of hydrogen-bond acceptors (Lipinski definition) is 6. The van der Waals surface area contributed by atoms with Gasteiger partial charge < -0.3 is 14.9 Å². The molecule has 8 nitrogen and oxygen atoms in total. The molecule has 198 valence electrons. The summed E-state index contributed by atoms with van der Waals surface area (Å²) in [5.41, 5.74) is 3.87. The molecule has 0 aliphatic carbocycles. The number of piperidine rings is 1. The van der Waals surface area contributed by atoms with Gasteiger partial charge in [-0.1, -0.05) is 12.1 Å². The number of H-pyrrole nitrogens is 2. The molecule has 1 amide bonds. The van der Waals surface area contributed by atoms with Crippen LogP contribution in [-0.4, -0.2) is 66.7 Å². The maximum Gasteiger partial charge on any atom is 0.254 e. The van der Waals surface area contributed by atoms with Gasteiger partial charge in [0.05, 0.1) is 13.1 Å². The number of imidazole rings is 2. The molecule has 2 fully saturated rings. The molecule has 2 aliphatic rings. The van der Waals surface area contributed by atoms with Gasteiger partial charge in [-0.2, -0.15) is 11.3 Å². The summed E-state index contributed by atoms with van der Waals surface area (Å²) in [7, 11) is 0. The van der Waals surface area contributed by atoms with Crippen LogP contribution in [0.25, 0.3) is 0 Å². The van der Waals surface area contributed by atoms with Crippen LogP contribution in [0.5, 0.6) is 0 Å². The SMILES string of the molecule is O=C(c1ccc(CN2CCC3(CCN(Cc4ccsc4)CC3)C2)cc1)N(Cc1ncc[nH]1)Cc1ncc[nH]1. The van der Waals surface area contributed by atoms with Crippen LogP contribution in [-0.2, 0) is 26.2 Å². The van der Waals surface area contributed by atoms with E-state index in [9.17, 15) is 4.79 Å². The van der Waals surface area contributed by atoms with Crippen molar-refractivity contribution < 1.29 is 4.79 Å². The van der Waals surface area contributed by atoms with Gasteiger partial charge >= 0.3 is 0 Å². The Morgan fingerprint density at radius 2 is 1.50 bits per heavy atom. The smallest absolute Gasteiger partial charge is 0.254 e. The van der Waals surface area contributed by atoms with Crippen molar-refractivity contribution in [2.75, 3.05) is 26.2 Å². The molecular weight excluding hydrogens is 494 g/mol. The molecule has 0 bridgehead atoms. The molecule has 2 saturated heterocycles. The van der Waals surface area contributed by atoms with Crippen LogP contribution in [0.3, 0.4) is 0 Å². The van der Waals surface area contributed by atoms with Gasteiger partial charge in [0.2, 0.25) is 0 Å². The molecule has 1 spiro atoms. The van der Waals surface area contributed by atoms with E-state index in [1.807, 2.05) is 12.1 Å². The van der Waals surface area contributed by atoms with Gasteiger partial charge in [-0.25, -0.2) is 9.97 Å². The summed E-state index contributed by atoms with van der Waals surface area (Å²) >= 11 is 1.79. The molecule has 9 heteroatoms. The lowest BCUT2D eigenvalue weighted by atomic mass is 9.77. The first-order valence-electron chi connectivity index (χ1n) is 13.4. The molecule has 38 heavy (non-hydrogen) atoms. The van der Waals surface area contributed by atoms with E-state index in [1.165, 1.54) is 50.0 Å². The zero-order valence-corrected chi connectivity index (χ0v) is 22.5. The van der Waals surface area contributed by atoms with Gasteiger partial charge in [0.15, 0.2) is 0 Å². The molecule has 6 rings (SSSR count). The minimum absolute atomic E-state index is 0.0290. The van der Waals surface area contributed by atoms with E-state index in [0.717, 1.165) is 31.3 Å². The Labute approximate surface area is 227 Å². The first-order valence-corrected chi connectivity index (χ1v) is 14.4. The van der Waals surface area contributed by atoms with Crippen LogP contribution in [0.1, 0.15) is 52.4 Å². The Balaban J connectivity index is 1.04. The van der Waals surface area contributed by atoms with E-state index in [0.29, 0.717) is 24.1 Å². The zero-order chi connectivity index (χ0) is 25.8. The molecule has 0 radical (unpaired) electrons. The second kappa shape index (κ2) is 11.2. The summed E-state index contributed by atoms with van der Waals surface area (Å²) < 4.78 is 0. The summed E-state index contributed by atoms with van der Waals surface area (Å²) in [5, 5.41) is 4.45. The summed E-state index contributed by atoms with van der Waals surface area (Å²) in [6.45, 7) is 7.57. The van der Waals surface area contributed by atoms with E-state index in [-0.39, 0.29) is 5.91 Å². The van der Waals surface area contributed by atoms with Gasteiger partial charge in [-0.15, -0.1) is 0 Å². The molecule has 0 atom stereocenters. The van der Waals surface area contributed by atoms with Crippen molar-refractivity contribution >= 4 is 17.2 Å². The van der Waals surface area contributed by atoms with Gasteiger partial charge in [0, 0.05) is 50.0 Å². The lowest BCUT2D eigenvalue weighted by molar-refractivity contribution is 0.0721. The minimum atomic E-state index is -0.0290. The number of hydrogen-bond donors (Lipinski definition) is 2. The number of aromatic nitrogens is 4. The van der Waals surface area contributed by atoms with E-state index in [4.69, 9.17) is 0 Å². The highest BCUT2D eigenvalue weighted by atomic mass is 32.1. The highest BCUT2D eigenvalue weighted by Crippen LogP contribution is 2.41. The van der Waals surface area contributed by atoms with Crippen LogP contribution in [0.4, 0.5) is 0 Å². The molecular formula is C29H35N7OS. The number of carbonyl (C=O) groups is 1. The molecule has 4 aromatic rings. The third-order valence-corrected chi connectivity index (χ3v) is 8.84. The molecule has 2 N–H and O–H groups in total. The molecule has 1 aromatic carbocycles. The number of nitrogens with one attached hydrogen (secondary N) is 2. The van der Waals surface area contributed by atoms with E-state index < -0.39 is 0 Å². The lowest BCUT2D eigenvalue weighted by Crippen LogP contribution is -2.41. The summed E-state index contributed by atoms with van der Waals surface area (Å²) in [6.07, 6.45) is 10.8. The van der Waals surface area contributed by atoms with Crippen molar-refractivity contribution in [3.05, 3.63) is 94.2 Å². The second-order valence-electron chi connectivity index (χ2n) is 10.8. The van der Waals surface area contributed by atoms with E-state index in [2.05, 4.69) is 58.7 Å². The normalized spacial score (nSPS) is 17.8. The molecule has 5 heterocycles. The van der Waals surface area contributed by atoms with Gasteiger partial charge in [-0.3, -0.25) is 14.6 Å². The monoisotopic (exact) mass is 529 g/mol. The lowest BCUT2D eigenvalue weighted by Gasteiger charge is -2.39. The van der Waals surface area contributed by atoms with Crippen molar-refractivity contribution in [2.24, 2.45) is 5.41 Å². The molecule has 3 aromatic heterocycles. The maximum atomic E-state index is 13.4. The summed E-state index contributed by atoms with van der Waals surface area (Å²) in [5.74, 6) is 1.47. The summed E-state index contributed by atoms with van der Waals surface area (Å²) in [4.78, 5) is 35.2. The second-order valence-corrected chi connectivity index (χ2v) is 11.6. The molecule has 0 saturated carbocycles. The Bertz CT molecular complexity index is 1240. The van der Waals surface area contributed by atoms with Crippen molar-refractivity contribution in [3.63, 3.8) is 0 Å². The fourth-order valence-electron chi connectivity index (χ4n) is 5.92. The van der Waals surface area contributed by atoms with Gasteiger partial charge in [0.25, 0.3) is 5.91 Å². The Morgan fingerprint density at radius 1 is 0.868 bits per heavy atom. The fourth-order valence-corrected chi connectivity index (χ4v) is 6.58. The number of benzene rings is 1. The van der Waals surface area contributed by atoms with Crippen molar-refractivity contribution in [1.29, 1.82) is 0 Å². The standard InChI is InChI=1S/C29H35N7OS/c37-28(36(19-26-30-9-10-31-26)20-27-32-11-12-33-27)25-3-1-23(2-4-25)17-35-15-8-29(22-35)6-13-34(14-7-29)18-24-5-16-38-21-24/h1-5,9-12,16,21H,6-8,13-15,17-20,22H2,(H,30,31)(H,32,33). The van der Waals surface area contributed by atoms with Crippen molar-refractivity contribution in [1.82, 2.24) is 34.6 Å². The quantitative estimate of drug-likeness (QED) is 0.333. The highest BCUT2D eigenvalue weighted by molar-refractivity contribution is 7.07. The highest BCUT2D eigenvalue weighted by Gasteiger charge is 2.40. The predicted molar refractivity (Wildman–Crippen MR) is 148 cm³/mol. The number of likely N-dealkylation sites (tertiary alicyclic amines) is 2. The Hall–Kier alpha value is -3.27. The predicted octanol–water partition coefficient (Wildman–Crippen LogP) is 4.53. The minimum Gasteiger partial charge on any atom is -0.347 e. The molecule has 0 unspecified atom stereocenters. The first-order chi connectivity index (χ1) is 18.6. The van der Waals surface area contributed by atoms with E-state index >= 15 is 0 Å². The number of carbonyl (C=O) groups excluding carboxylic acids is 1. The Morgan fingerprint density at radius 3 is 2.08 bits per heavy atom. The van der Waals surface area contributed by atoms with Crippen LogP contribution < -0.4 is 0 Å². The van der Waals surface area contributed by atoms with Crippen LogP contribution in [0.2, 0.25) is 0 Å². The number of nitrogens with zero attached hydrogens (tertiary/aromatic N) is 5. The third-order valence-electron chi connectivity index (χ3n) is 8.11. The van der Waals surface area contributed by atoms with Crippen LogP contribution in [0, 0.1) is 5.41 Å².